The van der Waals surface area contributed by atoms with Gasteiger partial charge in [-0.25, -0.2) is 0 Å². The zero-order valence-electron chi connectivity index (χ0n) is 14.0. The number of pyridine rings is 1. The average molecular weight is 396 g/mol. The van der Waals surface area contributed by atoms with Crippen LogP contribution in [0.1, 0.15) is 69.7 Å². The van der Waals surface area contributed by atoms with Gasteiger partial charge in [0.1, 0.15) is 0 Å². The van der Waals surface area contributed by atoms with Gasteiger partial charge in [-0.2, -0.15) is 0 Å². The molecule has 0 radical (unpaired) electrons. The fraction of sp³-hybridized carbons (Fsp3) is 0.667. The third-order valence-corrected chi connectivity index (χ3v) is 20.0. The Morgan fingerprint density at radius 3 is 1.90 bits per heavy atom. The molecule has 0 aliphatic carbocycles. The Morgan fingerprint density at radius 2 is 1.48 bits per heavy atom. The van der Waals surface area contributed by atoms with Gasteiger partial charge in [-0.3, -0.25) is 0 Å². The fourth-order valence-corrected chi connectivity index (χ4v) is 18.9. The van der Waals surface area contributed by atoms with E-state index in [0.717, 1.165) is 11.8 Å². The standard InChI is InChI=1S/C6H4NO.3C4H9.Sn/c8-5-6-2-1-3-7-4-6;3*1-3-4-2;/h2-5H;3*1,3-4H2,2H3;. The third-order valence-electron chi connectivity index (χ3n) is 4.53. The van der Waals surface area contributed by atoms with Gasteiger partial charge < -0.3 is 0 Å². The van der Waals surface area contributed by atoms with Crippen LogP contribution >= 0.6 is 0 Å². The van der Waals surface area contributed by atoms with Gasteiger partial charge in [-0.05, 0) is 0 Å². The predicted octanol–water partition coefficient (Wildman–Crippen LogP) is 4.95. The number of unbranched alkanes of at least 4 members (excludes halogenated alkanes) is 3. The molecule has 0 N–H and O–H groups in total. The van der Waals surface area contributed by atoms with E-state index in [9.17, 15) is 4.79 Å². The quantitative estimate of drug-likeness (QED) is 0.392. The number of hydrogen-bond donors (Lipinski definition) is 0. The van der Waals surface area contributed by atoms with Gasteiger partial charge >= 0.3 is 135 Å². The number of rotatable bonds is 11. The molecule has 0 aromatic carbocycles. The van der Waals surface area contributed by atoms with Crippen molar-refractivity contribution in [2.75, 3.05) is 0 Å². The second-order valence-corrected chi connectivity index (χ2v) is 19.5. The minimum absolute atomic E-state index is 0.762. The Balaban J connectivity index is 3.11. The minimum atomic E-state index is -2.38. The van der Waals surface area contributed by atoms with E-state index in [-0.39, 0.29) is 0 Å². The van der Waals surface area contributed by atoms with Crippen LogP contribution in [0.25, 0.3) is 0 Å². The maximum atomic E-state index is 11.1. The molecule has 1 rings (SSSR count). The van der Waals surface area contributed by atoms with Gasteiger partial charge in [-0.15, -0.1) is 0 Å². The Morgan fingerprint density at radius 1 is 0.952 bits per heavy atom. The summed E-state index contributed by atoms with van der Waals surface area (Å²) in [7, 11) is 0. The Labute approximate surface area is 134 Å². The number of hydrogen-bond acceptors (Lipinski definition) is 2. The van der Waals surface area contributed by atoms with E-state index in [1.54, 1.807) is 6.20 Å². The van der Waals surface area contributed by atoms with Gasteiger partial charge in [0, 0.05) is 0 Å². The van der Waals surface area contributed by atoms with Crippen LogP contribution in [0.15, 0.2) is 18.5 Å². The molecule has 3 heteroatoms. The van der Waals surface area contributed by atoms with Crippen molar-refractivity contribution in [2.45, 2.75) is 72.6 Å². The maximum absolute atomic E-state index is 11.1. The van der Waals surface area contributed by atoms with Crippen LogP contribution in [0.3, 0.4) is 0 Å². The number of carbonyl (C=O) groups is 1. The summed E-state index contributed by atoms with van der Waals surface area (Å²) < 4.78 is 5.77. The van der Waals surface area contributed by atoms with Crippen LogP contribution in [-0.2, 0) is 0 Å². The van der Waals surface area contributed by atoms with E-state index in [0.29, 0.717) is 0 Å². The molecule has 0 unspecified atom stereocenters. The van der Waals surface area contributed by atoms with Crippen molar-refractivity contribution < 1.29 is 4.79 Å². The summed E-state index contributed by atoms with van der Waals surface area (Å²) in [5, 5.41) is 0. The monoisotopic (exact) mass is 397 g/mol. The van der Waals surface area contributed by atoms with Gasteiger partial charge in [0.2, 0.25) is 0 Å². The predicted molar refractivity (Wildman–Crippen MR) is 94.2 cm³/mol. The first-order chi connectivity index (χ1) is 10.2. The second-order valence-electron chi connectivity index (χ2n) is 6.22. The molecule has 0 atom stereocenters. The molecular formula is C18H31NOSn. The second kappa shape index (κ2) is 10.4. The van der Waals surface area contributed by atoms with E-state index in [2.05, 4.69) is 38.0 Å². The Kier molecular flexibility index (Phi) is 9.21. The number of carbonyl (C=O) groups excluding carboxylic acids is 1. The number of aromatic nitrogens is 1. The molecule has 118 valence electrons. The summed E-state index contributed by atoms with van der Waals surface area (Å²) in [4.78, 5) is 15.5. The van der Waals surface area contributed by atoms with Gasteiger partial charge in [-0.1, -0.05) is 0 Å². The summed E-state index contributed by atoms with van der Waals surface area (Å²) in [6.07, 6.45) is 12.6. The molecule has 0 fully saturated rings. The fourth-order valence-electron chi connectivity index (χ4n) is 3.17. The van der Waals surface area contributed by atoms with Crippen molar-refractivity contribution in [3.05, 3.63) is 24.0 Å². The molecular weight excluding hydrogens is 365 g/mol. The summed E-state index contributed by atoms with van der Waals surface area (Å²) >= 11 is -2.38. The molecule has 0 amide bonds. The van der Waals surface area contributed by atoms with Crippen LogP contribution in [0.5, 0.6) is 0 Å². The zero-order valence-corrected chi connectivity index (χ0v) is 16.9. The van der Waals surface area contributed by atoms with E-state index in [1.807, 2.05) is 0 Å². The van der Waals surface area contributed by atoms with Crippen LogP contribution in [0, 0.1) is 0 Å². The first-order valence-corrected chi connectivity index (χ1v) is 16.1. The SMILES string of the molecule is CCC[CH2][Sn]([CH2]CCC)([CH2]CCC)[c]1cncc(C=O)c1. The molecule has 0 saturated heterocycles. The number of aldehydes is 1. The average Bonchev–Trinajstić information content (AvgIpc) is 2.54. The summed E-state index contributed by atoms with van der Waals surface area (Å²) in [6.45, 7) is 6.86. The Bertz CT molecular complexity index is 398. The van der Waals surface area contributed by atoms with Gasteiger partial charge in [0.05, 0.1) is 0 Å². The first-order valence-electron chi connectivity index (χ1n) is 8.63. The first kappa shape index (κ1) is 18.7. The summed E-state index contributed by atoms with van der Waals surface area (Å²) in [6, 6.07) is 2.16. The van der Waals surface area contributed by atoms with Crippen molar-refractivity contribution >= 4 is 28.2 Å². The zero-order chi connectivity index (χ0) is 15.6. The van der Waals surface area contributed by atoms with Crippen LogP contribution in [0.4, 0.5) is 0 Å². The topological polar surface area (TPSA) is 30.0 Å². The van der Waals surface area contributed by atoms with Crippen molar-refractivity contribution in [3.63, 3.8) is 0 Å². The van der Waals surface area contributed by atoms with E-state index < -0.39 is 18.4 Å². The Hall–Kier alpha value is -0.381. The molecule has 0 aliphatic heterocycles. The molecule has 0 bridgehead atoms. The molecule has 2 nitrogen and oxygen atoms in total. The van der Waals surface area contributed by atoms with Gasteiger partial charge in [0.25, 0.3) is 0 Å². The molecule has 0 spiro atoms. The van der Waals surface area contributed by atoms with E-state index in [1.165, 1.54) is 55.4 Å². The molecule has 1 aromatic heterocycles. The van der Waals surface area contributed by atoms with Crippen molar-refractivity contribution in [3.8, 4) is 0 Å². The van der Waals surface area contributed by atoms with Gasteiger partial charge in [0.15, 0.2) is 0 Å². The van der Waals surface area contributed by atoms with Crippen molar-refractivity contribution in [1.82, 2.24) is 4.98 Å². The molecule has 0 saturated carbocycles. The van der Waals surface area contributed by atoms with E-state index >= 15 is 0 Å². The molecule has 0 aliphatic rings. The molecule has 1 heterocycles. The molecule has 1 aromatic rings. The van der Waals surface area contributed by atoms with E-state index in [4.69, 9.17) is 0 Å². The van der Waals surface area contributed by atoms with Crippen LogP contribution < -0.4 is 3.58 Å². The normalized spacial score (nSPS) is 11.6. The summed E-state index contributed by atoms with van der Waals surface area (Å²) in [5.74, 6) is 0. The van der Waals surface area contributed by atoms with Crippen molar-refractivity contribution in [2.24, 2.45) is 0 Å². The third kappa shape index (κ3) is 5.72. The van der Waals surface area contributed by atoms with Crippen LogP contribution in [-0.4, -0.2) is 29.6 Å². The van der Waals surface area contributed by atoms with Crippen molar-refractivity contribution in [1.29, 1.82) is 0 Å². The van der Waals surface area contributed by atoms with Crippen LogP contribution in [0.2, 0.25) is 13.3 Å². The molecule has 21 heavy (non-hydrogen) atoms. The number of nitrogens with zero attached hydrogens (tertiary/aromatic N) is 1. The summed E-state index contributed by atoms with van der Waals surface area (Å²) in [5.41, 5.74) is 0.762.